The summed E-state index contributed by atoms with van der Waals surface area (Å²) in [4.78, 5) is 14.5. The van der Waals surface area contributed by atoms with Gasteiger partial charge in [-0.1, -0.05) is 18.2 Å². The number of piperidine rings is 1. The molecule has 1 aliphatic rings. The minimum atomic E-state index is -0.0846. The predicted molar refractivity (Wildman–Crippen MR) is 78.8 cm³/mol. The van der Waals surface area contributed by atoms with Gasteiger partial charge in [-0.25, -0.2) is 0 Å². The van der Waals surface area contributed by atoms with E-state index in [0.717, 1.165) is 36.9 Å². The van der Waals surface area contributed by atoms with E-state index in [2.05, 4.69) is 16.3 Å². The first-order chi connectivity index (χ1) is 10.3. The topological polar surface area (TPSA) is 69.3 Å². The van der Waals surface area contributed by atoms with Crippen LogP contribution in [0.5, 0.6) is 0 Å². The lowest BCUT2D eigenvalue weighted by atomic mass is 10.0. The minimum Gasteiger partial charge on any atom is -0.463 e. The first-order valence-electron chi connectivity index (χ1n) is 7.14. The zero-order valence-corrected chi connectivity index (χ0v) is 11.7. The number of carbonyl (C=O) groups excluding carboxylic acids is 1. The molecule has 2 heterocycles. The molecule has 1 fully saturated rings. The molecule has 1 aliphatic heterocycles. The highest BCUT2D eigenvalue weighted by Gasteiger charge is 2.22. The molecule has 1 saturated heterocycles. The van der Waals surface area contributed by atoms with Crippen molar-refractivity contribution in [3.8, 4) is 6.07 Å². The molecule has 0 saturated carbocycles. The van der Waals surface area contributed by atoms with E-state index in [1.807, 2.05) is 24.3 Å². The van der Waals surface area contributed by atoms with Crippen LogP contribution < -0.4 is 5.32 Å². The largest absolute Gasteiger partial charge is 0.463 e. The summed E-state index contributed by atoms with van der Waals surface area (Å²) < 4.78 is 5.40. The van der Waals surface area contributed by atoms with Crippen LogP contribution in [0.15, 0.2) is 34.9 Å². The van der Waals surface area contributed by atoms with Gasteiger partial charge >= 0.3 is 0 Å². The fraction of sp³-hybridized carbons (Fsp3) is 0.375. The van der Waals surface area contributed by atoms with Crippen molar-refractivity contribution in [3.63, 3.8) is 0 Å². The second-order valence-electron chi connectivity index (χ2n) is 5.33. The van der Waals surface area contributed by atoms with Gasteiger partial charge in [-0.2, -0.15) is 5.26 Å². The van der Waals surface area contributed by atoms with E-state index in [9.17, 15) is 4.79 Å². The van der Waals surface area contributed by atoms with Gasteiger partial charge < -0.3 is 9.73 Å². The van der Waals surface area contributed by atoms with Crippen LogP contribution in [-0.4, -0.2) is 36.5 Å². The number of nitrogens with one attached hydrogen (secondary N) is 1. The molecule has 0 bridgehead atoms. The summed E-state index contributed by atoms with van der Waals surface area (Å²) in [6.45, 7) is 2.17. The molecule has 108 valence electrons. The molecule has 0 spiro atoms. The Morgan fingerprint density at radius 1 is 1.38 bits per heavy atom. The standard InChI is InChI=1S/C16H17N3O2/c17-7-10-19-8-5-12(6-9-19)18-16(20)14-11-21-15-4-2-1-3-13(14)15/h1-4,11-12H,5-6,8-10H2,(H,18,20). The highest BCUT2D eigenvalue weighted by Crippen LogP contribution is 2.21. The molecule has 5 heteroatoms. The molecule has 0 unspecified atom stereocenters. The van der Waals surface area contributed by atoms with Gasteiger partial charge in [0.2, 0.25) is 0 Å². The molecular formula is C16H17N3O2. The molecule has 1 aromatic carbocycles. The number of nitriles is 1. The van der Waals surface area contributed by atoms with E-state index in [1.165, 1.54) is 6.26 Å². The van der Waals surface area contributed by atoms with Crippen molar-refractivity contribution in [1.82, 2.24) is 10.2 Å². The number of carbonyl (C=O) groups is 1. The van der Waals surface area contributed by atoms with Gasteiger partial charge in [-0.05, 0) is 18.9 Å². The van der Waals surface area contributed by atoms with Gasteiger partial charge in [0, 0.05) is 24.5 Å². The van der Waals surface area contributed by atoms with Crippen molar-refractivity contribution in [1.29, 1.82) is 5.26 Å². The third kappa shape index (κ3) is 2.91. The molecule has 1 N–H and O–H groups in total. The first-order valence-corrected chi connectivity index (χ1v) is 7.14. The van der Waals surface area contributed by atoms with Crippen LogP contribution in [0.3, 0.4) is 0 Å². The second-order valence-corrected chi connectivity index (χ2v) is 5.33. The Balaban J connectivity index is 1.64. The Morgan fingerprint density at radius 2 is 2.14 bits per heavy atom. The third-order valence-corrected chi connectivity index (χ3v) is 3.94. The molecule has 0 radical (unpaired) electrons. The number of fused-ring (bicyclic) bond motifs is 1. The van der Waals surface area contributed by atoms with Gasteiger partial charge in [0.1, 0.15) is 11.8 Å². The van der Waals surface area contributed by atoms with Gasteiger partial charge in [0.25, 0.3) is 5.91 Å². The Hall–Kier alpha value is -2.32. The van der Waals surface area contributed by atoms with Crippen LogP contribution in [-0.2, 0) is 0 Å². The summed E-state index contributed by atoms with van der Waals surface area (Å²) in [7, 11) is 0. The third-order valence-electron chi connectivity index (χ3n) is 3.94. The van der Waals surface area contributed by atoms with Gasteiger partial charge in [-0.15, -0.1) is 0 Å². The lowest BCUT2D eigenvalue weighted by Gasteiger charge is -2.30. The molecule has 0 aliphatic carbocycles. The van der Waals surface area contributed by atoms with Crippen LogP contribution in [0.4, 0.5) is 0 Å². The molecule has 1 amide bonds. The van der Waals surface area contributed by atoms with Crippen molar-refractivity contribution >= 4 is 16.9 Å². The van der Waals surface area contributed by atoms with E-state index in [-0.39, 0.29) is 11.9 Å². The van der Waals surface area contributed by atoms with Gasteiger partial charge in [0.05, 0.1) is 18.2 Å². The number of amides is 1. The number of para-hydroxylation sites is 1. The van der Waals surface area contributed by atoms with Crippen LogP contribution in [0.2, 0.25) is 0 Å². The van der Waals surface area contributed by atoms with Crippen molar-refractivity contribution < 1.29 is 9.21 Å². The number of likely N-dealkylation sites (tertiary alicyclic amines) is 1. The van der Waals surface area contributed by atoms with Crippen LogP contribution in [0.25, 0.3) is 11.0 Å². The number of rotatable bonds is 3. The zero-order valence-electron chi connectivity index (χ0n) is 11.7. The van der Waals surface area contributed by atoms with Crippen LogP contribution in [0, 0.1) is 11.3 Å². The maximum absolute atomic E-state index is 12.4. The molecule has 3 rings (SSSR count). The fourth-order valence-corrected chi connectivity index (χ4v) is 2.75. The number of nitrogens with zero attached hydrogens (tertiary/aromatic N) is 2. The Labute approximate surface area is 123 Å². The van der Waals surface area contributed by atoms with E-state index in [0.29, 0.717) is 12.1 Å². The summed E-state index contributed by atoms with van der Waals surface area (Å²) >= 11 is 0. The fourth-order valence-electron chi connectivity index (χ4n) is 2.75. The molecule has 21 heavy (non-hydrogen) atoms. The highest BCUT2D eigenvalue weighted by molar-refractivity contribution is 6.05. The van der Waals surface area contributed by atoms with Gasteiger partial charge in [0.15, 0.2) is 0 Å². The maximum Gasteiger partial charge on any atom is 0.255 e. The molecule has 5 nitrogen and oxygen atoms in total. The summed E-state index contributed by atoms with van der Waals surface area (Å²) in [5.74, 6) is -0.0846. The average Bonchev–Trinajstić information content (AvgIpc) is 2.93. The average molecular weight is 283 g/mol. The summed E-state index contributed by atoms with van der Waals surface area (Å²) in [6, 6.07) is 9.86. The lowest BCUT2D eigenvalue weighted by Crippen LogP contribution is -2.44. The Kier molecular flexibility index (Phi) is 3.89. The predicted octanol–water partition coefficient (Wildman–Crippen LogP) is 2.15. The van der Waals surface area contributed by atoms with Crippen LogP contribution >= 0.6 is 0 Å². The first kappa shape index (κ1) is 13.7. The Bertz CT molecular complexity index is 678. The van der Waals surface area contributed by atoms with E-state index >= 15 is 0 Å². The normalized spacial score (nSPS) is 16.7. The van der Waals surface area contributed by atoms with Gasteiger partial charge in [-0.3, -0.25) is 9.69 Å². The SMILES string of the molecule is N#CCN1CCC(NC(=O)c2coc3ccccc23)CC1. The lowest BCUT2D eigenvalue weighted by molar-refractivity contribution is 0.0915. The quantitative estimate of drug-likeness (QED) is 0.876. The Morgan fingerprint density at radius 3 is 2.90 bits per heavy atom. The minimum absolute atomic E-state index is 0.0846. The van der Waals surface area contributed by atoms with Crippen molar-refractivity contribution in [2.45, 2.75) is 18.9 Å². The van der Waals surface area contributed by atoms with Crippen LogP contribution in [0.1, 0.15) is 23.2 Å². The zero-order chi connectivity index (χ0) is 14.7. The number of benzene rings is 1. The second kappa shape index (κ2) is 5.98. The van der Waals surface area contributed by atoms with Crippen molar-refractivity contribution in [3.05, 3.63) is 36.1 Å². The molecule has 0 atom stereocenters. The monoisotopic (exact) mass is 283 g/mol. The summed E-state index contributed by atoms with van der Waals surface area (Å²) in [5.41, 5.74) is 1.32. The van der Waals surface area contributed by atoms with Crippen molar-refractivity contribution in [2.24, 2.45) is 0 Å². The number of furan rings is 1. The van der Waals surface area contributed by atoms with E-state index < -0.39 is 0 Å². The molecule has 1 aromatic heterocycles. The summed E-state index contributed by atoms with van der Waals surface area (Å²) in [5, 5.41) is 12.6. The number of hydrogen-bond donors (Lipinski definition) is 1. The number of hydrogen-bond acceptors (Lipinski definition) is 4. The smallest absolute Gasteiger partial charge is 0.255 e. The highest BCUT2D eigenvalue weighted by atomic mass is 16.3. The van der Waals surface area contributed by atoms with E-state index in [1.54, 1.807) is 0 Å². The summed E-state index contributed by atoms with van der Waals surface area (Å²) in [6.07, 6.45) is 3.28. The molecular weight excluding hydrogens is 266 g/mol. The maximum atomic E-state index is 12.4. The van der Waals surface area contributed by atoms with Crippen molar-refractivity contribution in [2.75, 3.05) is 19.6 Å². The van der Waals surface area contributed by atoms with E-state index in [4.69, 9.17) is 9.68 Å². The molecule has 2 aromatic rings.